The molecule has 0 heterocycles. The molecule has 0 bridgehead atoms. The Labute approximate surface area is 257 Å². The molecule has 0 atom stereocenters. The van der Waals surface area contributed by atoms with E-state index >= 15 is 0 Å². The summed E-state index contributed by atoms with van der Waals surface area (Å²) in [6, 6.07) is 7.00. The summed E-state index contributed by atoms with van der Waals surface area (Å²) < 4.78 is 10.8. The first-order valence-electron chi connectivity index (χ1n) is 16.9. The molecule has 0 aliphatic heterocycles. The van der Waals surface area contributed by atoms with Crippen LogP contribution in [0.15, 0.2) is 24.3 Å². The van der Waals surface area contributed by atoms with Crippen LogP contribution in [0.5, 0.6) is 0 Å². The average Bonchev–Trinajstić information content (AvgIpc) is 2.98. The van der Waals surface area contributed by atoms with E-state index < -0.39 is 12.2 Å². The van der Waals surface area contributed by atoms with Crippen LogP contribution in [0.3, 0.4) is 0 Å². The average molecular weight is 591 g/mol. The maximum absolute atomic E-state index is 12.3. The van der Waals surface area contributed by atoms with Crippen LogP contribution in [-0.2, 0) is 9.47 Å². The number of carbonyl (C=O) groups excluding carboxylic acids is 2. The van der Waals surface area contributed by atoms with Gasteiger partial charge in [0.15, 0.2) is 0 Å². The quantitative estimate of drug-likeness (QED) is 0.105. The Hall–Kier alpha value is -2.32. The van der Waals surface area contributed by atoms with Gasteiger partial charge in [0, 0.05) is 24.5 Å². The van der Waals surface area contributed by atoms with Crippen LogP contribution in [0.1, 0.15) is 118 Å². The van der Waals surface area contributed by atoms with Crippen LogP contribution < -0.4 is 10.6 Å². The Morgan fingerprint density at radius 3 is 1.36 bits per heavy atom. The first-order chi connectivity index (χ1) is 20.5. The van der Waals surface area contributed by atoms with E-state index in [0.29, 0.717) is 24.6 Å². The maximum atomic E-state index is 12.3. The second-order valence-electron chi connectivity index (χ2n) is 11.2. The number of ether oxygens (including phenoxy) is 2. The van der Waals surface area contributed by atoms with Crippen LogP contribution in [0, 0.1) is 0 Å². The van der Waals surface area contributed by atoms with Gasteiger partial charge in [-0.15, -0.1) is 0 Å². The summed E-state index contributed by atoms with van der Waals surface area (Å²) in [7, 11) is 0. The van der Waals surface area contributed by atoms with Crippen molar-refractivity contribution < 1.29 is 19.1 Å². The minimum atomic E-state index is -0.491. The highest BCUT2D eigenvalue weighted by Gasteiger charge is 2.09. The summed E-state index contributed by atoms with van der Waals surface area (Å²) in [4.78, 5) is 29.4. The molecular weight excluding hydrogens is 528 g/mol. The molecule has 0 saturated carbocycles. The van der Waals surface area contributed by atoms with E-state index in [1.54, 1.807) is 24.3 Å². The van der Waals surface area contributed by atoms with E-state index in [-0.39, 0.29) is 0 Å². The van der Waals surface area contributed by atoms with Crippen LogP contribution >= 0.6 is 0 Å². The van der Waals surface area contributed by atoms with Gasteiger partial charge in [-0.05, 0) is 70.1 Å². The van der Waals surface area contributed by atoms with Gasteiger partial charge in [0.25, 0.3) is 0 Å². The summed E-state index contributed by atoms with van der Waals surface area (Å²) >= 11 is 0. The lowest BCUT2D eigenvalue weighted by molar-refractivity contribution is 0.151. The molecule has 1 aromatic carbocycles. The van der Waals surface area contributed by atoms with Crippen molar-refractivity contribution >= 4 is 23.6 Å². The summed E-state index contributed by atoms with van der Waals surface area (Å²) in [5, 5.41) is 5.49. The number of carbonyl (C=O) groups is 2. The lowest BCUT2D eigenvalue weighted by atomic mass is 10.1. The molecule has 0 unspecified atom stereocenters. The number of amides is 2. The molecule has 0 aromatic heterocycles. The molecule has 0 saturated heterocycles. The molecule has 2 N–H and O–H groups in total. The molecule has 8 heteroatoms. The van der Waals surface area contributed by atoms with E-state index in [1.807, 2.05) is 0 Å². The molecule has 0 spiro atoms. The van der Waals surface area contributed by atoms with Crippen LogP contribution in [0.4, 0.5) is 21.0 Å². The largest absolute Gasteiger partial charge is 0.449 e. The Bertz CT molecular complexity index is 746. The molecule has 42 heavy (non-hydrogen) atoms. The number of hydrogen-bond acceptors (Lipinski definition) is 6. The Morgan fingerprint density at radius 2 is 0.952 bits per heavy atom. The van der Waals surface area contributed by atoms with Crippen LogP contribution in [-0.4, -0.2) is 74.5 Å². The van der Waals surface area contributed by atoms with E-state index in [1.165, 1.54) is 77.0 Å². The fraction of sp³-hybridized carbons (Fsp3) is 0.765. The third kappa shape index (κ3) is 20.5. The number of nitrogens with one attached hydrogen (secondary N) is 2. The van der Waals surface area contributed by atoms with Crippen molar-refractivity contribution in [1.29, 1.82) is 0 Å². The minimum Gasteiger partial charge on any atom is -0.449 e. The molecule has 242 valence electrons. The predicted molar refractivity (Wildman–Crippen MR) is 177 cm³/mol. The summed E-state index contributed by atoms with van der Waals surface area (Å²) in [6.45, 7) is 15.7. The fourth-order valence-electron chi connectivity index (χ4n) is 4.98. The maximum Gasteiger partial charge on any atom is 0.411 e. The Balaban J connectivity index is 2.22. The van der Waals surface area contributed by atoms with E-state index in [0.717, 1.165) is 52.1 Å². The zero-order chi connectivity index (χ0) is 30.7. The van der Waals surface area contributed by atoms with E-state index in [9.17, 15) is 9.59 Å². The highest BCUT2D eigenvalue weighted by atomic mass is 16.6. The summed E-state index contributed by atoms with van der Waals surface area (Å²) in [5.41, 5.74) is 1.12. The first-order valence-corrected chi connectivity index (χ1v) is 16.9. The fourth-order valence-corrected chi connectivity index (χ4v) is 4.98. The monoisotopic (exact) mass is 590 g/mol. The van der Waals surface area contributed by atoms with Gasteiger partial charge < -0.3 is 19.3 Å². The van der Waals surface area contributed by atoms with Gasteiger partial charge in [-0.2, -0.15) is 0 Å². The molecule has 0 radical (unpaired) electrons. The Kier molecular flexibility index (Phi) is 23.6. The van der Waals surface area contributed by atoms with Gasteiger partial charge in [-0.1, -0.05) is 98.0 Å². The highest BCUT2D eigenvalue weighted by molar-refractivity contribution is 5.88. The summed E-state index contributed by atoms with van der Waals surface area (Å²) in [5.74, 6) is 0. The topological polar surface area (TPSA) is 83.1 Å². The second-order valence-corrected chi connectivity index (χ2v) is 11.2. The standard InChI is InChI=1S/C34H62N4O4/c1-5-9-11-13-15-17-24-37(7-3)26-20-28-41-33(39)35-31-22-19-23-32(30-31)36-34(40)42-29-21-27-38(8-4)25-18-16-14-12-10-6-2/h19,22-23,30H,5-18,20-21,24-29H2,1-4H3,(H,35,39)(H,36,40). The third-order valence-electron chi connectivity index (χ3n) is 7.61. The van der Waals surface area contributed by atoms with Crippen molar-refractivity contribution in [2.45, 2.75) is 118 Å². The zero-order valence-electron chi connectivity index (χ0n) is 27.4. The number of hydrogen-bond donors (Lipinski definition) is 2. The third-order valence-corrected chi connectivity index (χ3v) is 7.61. The lowest BCUT2D eigenvalue weighted by Crippen LogP contribution is -2.27. The van der Waals surface area contributed by atoms with Gasteiger partial charge in [-0.3, -0.25) is 10.6 Å². The lowest BCUT2D eigenvalue weighted by Gasteiger charge is -2.20. The van der Waals surface area contributed by atoms with Crippen molar-refractivity contribution in [2.75, 3.05) is 63.1 Å². The SMILES string of the molecule is CCCCCCCCN(CC)CCCOC(=O)Nc1cccc(NC(=O)OCCCN(CC)CCCCCCCC)c1. The number of unbranched alkanes of at least 4 members (excludes halogenated alkanes) is 10. The van der Waals surface area contributed by atoms with Crippen molar-refractivity contribution in [1.82, 2.24) is 9.80 Å². The van der Waals surface area contributed by atoms with Gasteiger partial charge >= 0.3 is 12.2 Å². The number of rotatable bonds is 26. The van der Waals surface area contributed by atoms with Gasteiger partial charge in [0.2, 0.25) is 0 Å². The van der Waals surface area contributed by atoms with Gasteiger partial charge in [0.1, 0.15) is 0 Å². The first kappa shape index (κ1) is 37.7. The highest BCUT2D eigenvalue weighted by Crippen LogP contribution is 2.16. The normalized spacial score (nSPS) is 11.2. The molecule has 8 nitrogen and oxygen atoms in total. The number of benzene rings is 1. The van der Waals surface area contributed by atoms with Crippen molar-refractivity contribution in [2.24, 2.45) is 0 Å². The molecule has 2 amide bonds. The zero-order valence-corrected chi connectivity index (χ0v) is 27.4. The second kappa shape index (κ2) is 26.3. The van der Waals surface area contributed by atoms with E-state index in [2.05, 4.69) is 48.1 Å². The predicted octanol–water partition coefficient (Wildman–Crippen LogP) is 8.93. The van der Waals surface area contributed by atoms with Crippen LogP contribution in [0.2, 0.25) is 0 Å². The number of nitrogens with zero attached hydrogens (tertiary/aromatic N) is 2. The van der Waals surface area contributed by atoms with Gasteiger partial charge in [-0.25, -0.2) is 9.59 Å². The smallest absolute Gasteiger partial charge is 0.411 e. The Morgan fingerprint density at radius 1 is 0.571 bits per heavy atom. The van der Waals surface area contributed by atoms with Crippen molar-refractivity contribution in [3.05, 3.63) is 24.3 Å². The molecule has 0 aliphatic rings. The molecular formula is C34H62N4O4. The van der Waals surface area contributed by atoms with Crippen molar-refractivity contribution in [3.8, 4) is 0 Å². The minimum absolute atomic E-state index is 0.373. The molecule has 0 aliphatic carbocycles. The molecule has 0 fully saturated rings. The van der Waals surface area contributed by atoms with Crippen LogP contribution in [0.25, 0.3) is 0 Å². The van der Waals surface area contributed by atoms with Gasteiger partial charge in [0.05, 0.1) is 13.2 Å². The number of anilines is 2. The van der Waals surface area contributed by atoms with E-state index in [4.69, 9.17) is 9.47 Å². The molecule has 1 rings (SSSR count). The molecule has 1 aromatic rings. The van der Waals surface area contributed by atoms with Crippen molar-refractivity contribution in [3.63, 3.8) is 0 Å². The summed E-state index contributed by atoms with van der Waals surface area (Å²) in [6.07, 6.45) is 16.2.